The second-order valence-corrected chi connectivity index (χ2v) is 3.50. The van der Waals surface area contributed by atoms with Crippen LogP contribution in [-0.4, -0.2) is 15.0 Å². The van der Waals surface area contributed by atoms with E-state index in [1.165, 1.54) is 6.07 Å². The van der Waals surface area contributed by atoms with Crippen molar-refractivity contribution in [3.8, 4) is 0 Å². The molecule has 2 aromatic heterocycles. The van der Waals surface area contributed by atoms with E-state index in [9.17, 15) is 9.59 Å². The van der Waals surface area contributed by atoms with Crippen LogP contribution in [0, 0.1) is 0 Å². The number of H-pyrrole nitrogens is 2. The van der Waals surface area contributed by atoms with E-state index in [2.05, 4.69) is 15.0 Å². The monoisotopic (exact) mass is 241 g/mol. The fourth-order valence-electron chi connectivity index (χ4n) is 1.38. The summed E-state index contributed by atoms with van der Waals surface area (Å²) in [6.07, 6.45) is 3.16. The van der Waals surface area contributed by atoms with Gasteiger partial charge in [0, 0.05) is 23.8 Å². The van der Waals surface area contributed by atoms with Gasteiger partial charge in [0.1, 0.15) is 0 Å². The van der Waals surface area contributed by atoms with Crippen molar-refractivity contribution in [3.05, 3.63) is 75.7 Å². The molecule has 0 bridgehead atoms. The lowest BCUT2D eigenvalue weighted by Crippen LogP contribution is -2.07. The van der Waals surface area contributed by atoms with Gasteiger partial charge in [-0.15, -0.1) is 0 Å². The normalized spacial score (nSPS) is 9.56. The van der Waals surface area contributed by atoms with Gasteiger partial charge < -0.3 is 9.97 Å². The van der Waals surface area contributed by atoms with Gasteiger partial charge >= 0.3 is 5.69 Å². The number of nitrogens with zero attached hydrogens (tertiary/aromatic N) is 1. The smallest absolute Gasteiger partial charge is 0.329 e. The molecule has 0 saturated heterocycles. The summed E-state index contributed by atoms with van der Waals surface area (Å²) in [5.74, 6) is 0. The third-order valence-electron chi connectivity index (χ3n) is 2.20. The molecule has 0 aliphatic heterocycles. The highest BCUT2D eigenvalue weighted by molar-refractivity contribution is 5.76. The van der Waals surface area contributed by atoms with Crippen molar-refractivity contribution in [1.82, 2.24) is 15.0 Å². The third kappa shape index (κ3) is 3.15. The molecular weight excluding hydrogens is 230 g/mol. The molecular formula is C13H11N3O2. The SMILES string of the molecule is O=c1cccc[nH]1.O=c1ncc2ccccc2[nH]1. The summed E-state index contributed by atoms with van der Waals surface area (Å²) in [5, 5.41) is 0.951. The lowest BCUT2D eigenvalue weighted by atomic mass is 10.2. The predicted molar refractivity (Wildman–Crippen MR) is 69.4 cm³/mol. The second kappa shape index (κ2) is 5.58. The minimum atomic E-state index is -0.302. The summed E-state index contributed by atoms with van der Waals surface area (Å²) in [6.45, 7) is 0. The molecule has 0 aliphatic carbocycles. The Labute approximate surface area is 102 Å². The Morgan fingerprint density at radius 3 is 2.39 bits per heavy atom. The standard InChI is InChI=1S/C8H6N2O.C5H5NO/c11-8-9-5-6-3-1-2-4-7(6)10-8;7-5-3-1-2-4-6-5/h1-5H,(H,9,10,11);1-4H,(H,6,7). The lowest BCUT2D eigenvalue weighted by Gasteiger charge is -1.92. The number of hydrogen-bond acceptors (Lipinski definition) is 3. The highest BCUT2D eigenvalue weighted by Crippen LogP contribution is 2.05. The number of aromatic amines is 2. The number of nitrogens with one attached hydrogen (secondary N) is 2. The highest BCUT2D eigenvalue weighted by atomic mass is 16.1. The van der Waals surface area contributed by atoms with Gasteiger partial charge in [0.15, 0.2) is 0 Å². The highest BCUT2D eigenvalue weighted by Gasteiger charge is 1.90. The number of fused-ring (bicyclic) bond motifs is 1. The van der Waals surface area contributed by atoms with Crippen LogP contribution in [0.25, 0.3) is 10.9 Å². The lowest BCUT2D eigenvalue weighted by molar-refractivity contribution is 1.12. The Hall–Kier alpha value is -2.69. The summed E-state index contributed by atoms with van der Waals surface area (Å²) in [4.78, 5) is 29.6. The predicted octanol–water partition coefficient (Wildman–Crippen LogP) is 1.30. The maximum atomic E-state index is 10.7. The van der Waals surface area contributed by atoms with Crippen LogP contribution >= 0.6 is 0 Å². The van der Waals surface area contributed by atoms with E-state index in [1.54, 1.807) is 24.5 Å². The van der Waals surface area contributed by atoms with E-state index in [-0.39, 0.29) is 11.2 Å². The summed E-state index contributed by atoms with van der Waals surface area (Å²) < 4.78 is 0. The molecule has 0 radical (unpaired) electrons. The quantitative estimate of drug-likeness (QED) is 0.622. The molecule has 0 amide bonds. The van der Waals surface area contributed by atoms with E-state index in [0.29, 0.717) is 0 Å². The van der Waals surface area contributed by atoms with Gasteiger partial charge in [0.2, 0.25) is 5.56 Å². The van der Waals surface area contributed by atoms with Crippen molar-refractivity contribution in [3.63, 3.8) is 0 Å². The maximum absolute atomic E-state index is 10.7. The van der Waals surface area contributed by atoms with E-state index >= 15 is 0 Å². The van der Waals surface area contributed by atoms with Crippen molar-refractivity contribution >= 4 is 10.9 Å². The summed E-state index contributed by atoms with van der Waals surface area (Å²) >= 11 is 0. The molecule has 5 nitrogen and oxygen atoms in total. The Bertz CT molecular complexity index is 729. The minimum Gasteiger partial charge on any atom is -0.329 e. The summed E-state index contributed by atoms with van der Waals surface area (Å²) in [5.41, 5.74) is 0.471. The topological polar surface area (TPSA) is 78.6 Å². The Morgan fingerprint density at radius 1 is 0.944 bits per heavy atom. The number of para-hydroxylation sites is 1. The molecule has 90 valence electrons. The van der Waals surface area contributed by atoms with Crippen LogP contribution in [-0.2, 0) is 0 Å². The molecule has 0 saturated carbocycles. The van der Waals surface area contributed by atoms with Crippen LogP contribution in [0.4, 0.5) is 0 Å². The van der Waals surface area contributed by atoms with E-state index < -0.39 is 0 Å². The van der Waals surface area contributed by atoms with Crippen LogP contribution < -0.4 is 11.2 Å². The van der Waals surface area contributed by atoms with Crippen molar-refractivity contribution < 1.29 is 0 Å². The van der Waals surface area contributed by atoms with Gasteiger partial charge in [-0.25, -0.2) is 9.78 Å². The molecule has 5 heteroatoms. The second-order valence-electron chi connectivity index (χ2n) is 3.50. The van der Waals surface area contributed by atoms with E-state index in [0.717, 1.165) is 10.9 Å². The first-order chi connectivity index (χ1) is 8.75. The average Bonchev–Trinajstić information content (AvgIpc) is 2.40. The molecule has 0 aliphatic rings. The van der Waals surface area contributed by atoms with Gasteiger partial charge in [0.05, 0.1) is 5.52 Å². The molecule has 0 atom stereocenters. The Balaban J connectivity index is 0.000000149. The third-order valence-corrected chi connectivity index (χ3v) is 2.20. The van der Waals surface area contributed by atoms with Crippen LogP contribution in [0.2, 0.25) is 0 Å². The molecule has 18 heavy (non-hydrogen) atoms. The number of hydrogen-bond donors (Lipinski definition) is 2. The van der Waals surface area contributed by atoms with Crippen LogP contribution in [0.15, 0.2) is 64.4 Å². The first kappa shape index (κ1) is 11.8. The fraction of sp³-hybridized carbons (Fsp3) is 0. The minimum absolute atomic E-state index is 0.0532. The first-order valence-corrected chi connectivity index (χ1v) is 5.33. The molecule has 0 fully saturated rings. The molecule has 2 N–H and O–H groups in total. The zero-order valence-corrected chi connectivity index (χ0v) is 9.46. The average molecular weight is 241 g/mol. The molecule has 3 aromatic rings. The van der Waals surface area contributed by atoms with Crippen molar-refractivity contribution in [2.24, 2.45) is 0 Å². The van der Waals surface area contributed by atoms with Gasteiger partial charge in [0.25, 0.3) is 0 Å². The van der Waals surface area contributed by atoms with Crippen LogP contribution in [0.3, 0.4) is 0 Å². The van der Waals surface area contributed by atoms with Crippen molar-refractivity contribution in [2.45, 2.75) is 0 Å². The van der Waals surface area contributed by atoms with Crippen LogP contribution in [0.5, 0.6) is 0 Å². The Morgan fingerprint density at radius 2 is 1.72 bits per heavy atom. The van der Waals surface area contributed by atoms with Crippen molar-refractivity contribution in [2.75, 3.05) is 0 Å². The first-order valence-electron chi connectivity index (χ1n) is 5.33. The van der Waals surface area contributed by atoms with Gasteiger partial charge in [-0.2, -0.15) is 0 Å². The van der Waals surface area contributed by atoms with Gasteiger partial charge in [-0.05, 0) is 12.1 Å². The molecule has 0 spiro atoms. The Kier molecular flexibility index (Phi) is 3.66. The van der Waals surface area contributed by atoms with Gasteiger partial charge in [-0.3, -0.25) is 4.79 Å². The van der Waals surface area contributed by atoms with E-state index in [4.69, 9.17) is 0 Å². The molecule has 1 aromatic carbocycles. The summed E-state index contributed by atoms with van der Waals surface area (Å²) in [7, 11) is 0. The van der Waals surface area contributed by atoms with Crippen molar-refractivity contribution in [1.29, 1.82) is 0 Å². The number of benzene rings is 1. The zero-order valence-electron chi connectivity index (χ0n) is 9.46. The zero-order chi connectivity index (χ0) is 12.8. The van der Waals surface area contributed by atoms with E-state index in [1.807, 2.05) is 24.3 Å². The molecule has 0 unspecified atom stereocenters. The number of pyridine rings is 1. The number of rotatable bonds is 0. The molecule has 3 rings (SSSR count). The fourth-order valence-corrected chi connectivity index (χ4v) is 1.38. The molecule has 2 heterocycles. The van der Waals surface area contributed by atoms with Crippen LogP contribution in [0.1, 0.15) is 0 Å². The maximum Gasteiger partial charge on any atom is 0.345 e. The summed E-state index contributed by atoms with van der Waals surface area (Å²) in [6, 6.07) is 12.5. The number of aromatic nitrogens is 3. The largest absolute Gasteiger partial charge is 0.345 e. The van der Waals surface area contributed by atoms with Gasteiger partial charge in [-0.1, -0.05) is 24.3 Å².